The maximum atomic E-state index is 12.3. The zero-order valence-electron chi connectivity index (χ0n) is 16.6. The fraction of sp³-hybridized carbons (Fsp3) is 0.619. The minimum Gasteiger partial charge on any atom is -0.481 e. The van der Waals surface area contributed by atoms with Crippen molar-refractivity contribution < 1.29 is 19.4 Å². The van der Waals surface area contributed by atoms with Crippen molar-refractivity contribution in [2.75, 3.05) is 45.8 Å². The Hall–Kier alpha value is -2.12. The van der Waals surface area contributed by atoms with Gasteiger partial charge in [0, 0.05) is 38.8 Å². The Balaban J connectivity index is 1.36. The molecule has 2 saturated heterocycles. The van der Waals surface area contributed by atoms with Crippen molar-refractivity contribution in [3.05, 3.63) is 35.9 Å². The first-order valence-electron chi connectivity index (χ1n) is 10.2. The van der Waals surface area contributed by atoms with Gasteiger partial charge >= 0.3 is 12.1 Å². The third kappa shape index (κ3) is 5.69. The molecule has 2 heterocycles. The lowest BCUT2D eigenvalue weighted by Gasteiger charge is -2.40. The summed E-state index contributed by atoms with van der Waals surface area (Å²) >= 11 is 0. The van der Waals surface area contributed by atoms with Gasteiger partial charge in [0.25, 0.3) is 0 Å². The maximum absolute atomic E-state index is 12.3. The summed E-state index contributed by atoms with van der Waals surface area (Å²) in [5.74, 6) is -0.843. The monoisotopic (exact) mass is 389 g/mol. The molecular weight excluding hydrogens is 358 g/mol. The van der Waals surface area contributed by atoms with Crippen molar-refractivity contribution >= 4 is 12.1 Å². The molecule has 1 aromatic rings. The number of ether oxygens (including phenoxy) is 1. The Labute approximate surface area is 166 Å². The van der Waals surface area contributed by atoms with E-state index in [1.807, 2.05) is 30.3 Å². The second-order valence-electron chi connectivity index (χ2n) is 7.83. The predicted molar refractivity (Wildman–Crippen MR) is 106 cm³/mol. The van der Waals surface area contributed by atoms with Gasteiger partial charge in [0.05, 0.1) is 5.92 Å². The molecule has 154 valence electrons. The van der Waals surface area contributed by atoms with E-state index in [0.29, 0.717) is 19.7 Å². The maximum Gasteiger partial charge on any atom is 0.410 e. The van der Waals surface area contributed by atoms with Gasteiger partial charge in [-0.3, -0.25) is 9.69 Å². The molecule has 3 rings (SSSR count). The summed E-state index contributed by atoms with van der Waals surface area (Å²) in [7, 11) is 0. The van der Waals surface area contributed by atoms with Gasteiger partial charge < -0.3 is 19.6 Å². The third-order valence-electron chi connectivity index (χ3n) is 5.87. The predicted octanol–water partition coefficient (Wildman–Crippen LogP) is 2.13. The number of carbonyl (C=O) groups excluding carboxylic acids is 1. The molecule has 2 fully saturated rings. The number of nitrogens with zero attached hydrogens (tertiary/aromatic N) is 3. The van der Waals surface area contributed by atoms with E-state index in [2.05, 4.69) is 16.7 Å². The molecule has 7 nitrogen and oxygen atoms in total. The number of aliphatic carboxylic acids is 1. The Kier molecular flexibility index (Phi) is 7.28. The number of piperazine rings is 1. The van der Waals surface area contributed by atoms with Gasteiger partial charge in [0.2, 0.25) is 0 Å². The second-order valence-corrected chi connectivity index (χ2v) is 7.83. The van der Waals surface area contributed by atoms with Crippen LogP contribution in [0.25, 0.3) is 0 Å². The average molecular weight is 389 g/mol. The normalized spacial score (nSPS) is 22.2. The number of carbonyl (C=O) groups is 2. The highest BCUT2D eigenvalue weighted by atomic mass is 16.6. The van der Waals surface area contributed by atoms with E-state index < -0.39 is 5.97 Å². The number of carboxylic acids is 1. The fourth-order valence-electron chi connectivity index (χ4n) is 3.98. The molecule has 0 unspecified atom stereocenters. The molecule has 1 N–H and O–H groups in total. The highest BCUT2D eigenvalue weighted by Gasteiger charge is 2.29. The highest BCUT2D eigenvalue weighted by molar-refractivity contribution is 5.70. The van der Waals surface area contributed by atoms with E-state index in [9.17, 15) is 9.59 Å². The Morgan fingerprint density at radius 1 is 1.07 bits per heavy atom. The smallest absolute Gasteiger partial charge is 0.410 e. The van der Waals surface area contributed by atoms with Crippen LogP contribution < -0.4 is 0 Å². The highest BCUT2D eigenvalue weighted by Crippen LogP contribution is 2.18. The zero-order valence-corrected chi connectivity index (χ0v) is 16.6. The van der Waals surface area contributed by atoms with Gasteiger partial charge in [-0.05, 0) is 38.4 Å². The van der Waals surface area contributed by atoms with E-state index >= 15 is 0 Å². The Bertz CT molecular complexity index is 646. The summed E-state index contributed by atoms with van der Waals surface area (Å²) in [5.41, 5.74) is 0.995. The van der Waals surface area contributed by atoms with Crippen LogP contribution in [0.2, 0.25) is 0 Å². The molecule has 2 aliphatic heterocycles. The molecule has 1 atom stereocenters. The first-order chi connectivity index (χ1) is 13.5. The minimum absolute atomic E-state index is 0.180. The lowest BCUT2D eigenvalue weighted by Crippen LogP contribution is -2.55. The summed E-state index contributed by atoms with van der Waals surface area (Å²) in [6, 6.07) is 10.0. The van der Waals surface area contributed by atoms with Crippen LogP contribution in [0, 0.1) is 5.92 Å². The molecule has 0 radical (unpaired) electrons. The molecule has 0 aromatic heterocycles. The summed E-state index contributed by atoms with van der Waals surface area (Å²) in [4.78, 5) is 30.0. The topological polar surface area (TPSA) is 73.3 Å². The third-order valence-corrected chi connectivity index (χ3v) is 5.87. The zero-order chi connectivity index (χ0) is 19.9. The minimum atomic E-state index is -0.663. The largest absolute Gasteiger partial charge is 0.481 e. The van der Waals surface area contributed by atoms with Crippen LogP contribution in [-0.2, 0) is 16.1 Å². The van der Waals surface area contributed by atoms with Crippen molar-refractivity contribution in [3.8, 4) is 0 Å². The standard InChI is InChI=1S/C21H31N3O4/c1-17-15-24(21(27)28-16-18-5-3-2-4-6-18)14-13-23(17)12-11-22-9-7-19(8-10-22)20(25)26/h2-6,17,19H,7-16H2,1H3,(H,25,26)/t17-/m0/s1. The molecular formula is C21H31N3O4. The number of carboxylic acid groups (broad SMARTS) is 1. The number of benzene rings is 1. The number of piperidine rings is 1. The van der Waals surface area contributed by atoms with Crippen molar-refractivity contribution in [1.82, 2.24) is 14.7 Å². The van der Waals surface area contributed by atoms with Gasteiger partial charge in [-0.25, -0.2) is 4.79 Å². The second kappa shape index (κ2) is 9.89. The quantitative estimate of drug-likeness (QED) is 0.804. The number of hydrogen-bond acceptors (Lipinski definition) is 5. The van der Waals surface area contributed by atoms with Crippen LogP contribution in [0.3, 0.4) is 0 Å². The van der Waals surface area contributed by atoms with Crippen LogP contribution >= 0.6 is 0 Å². The van der Waals surface area contributed by atoms with E-state index in [1.54, 1.807) is 4.90 Å². The van der Waals surface area contributed by atoms with Crippen molar-refractivity contribution in [3.63, 3.8) is 0 Å². The summed E-state index contributed by atoms with van der Waals surface area (Å²) in [5, 5.41) is 9.10. The fourth-order valence-corrected chi connectivity index (χ4v) is 3.98. The molecule has 1 amide bonds. The number of amides is 1. The van der Waals surface area contributed by atoms with E-state index in [0.717, 1.165) is 51.1 Å². The molecule has 0 bridgehead atoms. The van der Waals surface area contributed by atoms with Crippen LogP contribution in [0.5, 0.6) is 0 Å². The number of hydrogen-bond donors (Lipinski definition) is 1. The van der Waals surface area contributed by atoms with Gasteiger partial charge in [-0.15, -0.1) is 0 Å². The number of likely N-dealkylation sites (tertiary alicyclic amines) is 1. The van der Waals surface area contributed by atoms with E-state index in [4.69, 9.17) is 9.84 Å². The van der Waals surface area contributed by atoms with Crippen molar-refractivity contribution in [1.29, 1.82) is 0 Å². The van der Waals surface area contributed by atoms with Gasteiger partial charge in [0.15, 0.2) is 0 Å². The van der Waals surface area contributed by atoms with Gasteiger partial charge in [-0.1, -0.05) is 30.3 Å². The average Bonchev–Trinajstić information content (AvgIpc) is 2.72. The first-order valence-corrected chi connectivity index (χ1v) is 10.2. The van der Waals surface area contributed by atoms with Crippen LogP contribution in [-0.4, -0.2) is 83.7 Å². The first kappa shape index (κ1) is 20.6. The van der Waals surface area contributed by atoms with E-state index in [-0.39, 0.29) is 18.1 Å². The molecule has 2 aliphatic rings. The van der Waals surface area contributed by atoms with E-state index in [1.165, 1.54) is 0 Å². The molecule has 0 spiro atoms. The summed E-state index contributed by atoms with van der Waals surface area (Å²) in [6.45, 7) is 8.27. The van der Waals surface area contributed by atoms with Crippen molar-refractivity contribution in [2.45, 2.75) is 32.4 Å². The lowest BCUT2D eigenvalue weighted by molar-refractivity contribution is -0.143. The summed E-state index contributed by atoms with van der Waals surface area (Å²) < 4.78 is 5.45. The number of rotatable bonds is 6. The van der Waals surface area contributed by atoms with Gasteiger partial charge in [0.1, 0.15) is 6.61 Å². The molecule has 0 saturated carbocycles. The Morgan fingerprint density at radius 2 is 1.79 bits per heavy atom. The van der Waals surface area contributed by atoms with Crippen LogP contribution in [0.1, 0.15) is 25.3 Å². The van der Waals surface area contributed by atoms with Crippen molar-refractivity contribution in [2.24, 2.45) is 5.92 Å². The summed E-state index contributed by atoms with van der Waals surface area (Å²) in [6.07, 6.45) is 1.24. The molecule has 0 aliphatic carbocycles. The Morgan fingerprint density at radius 3 is 2.43 bits per heavy atom. The SMILES string of the molecule is C[C@H]1CN(C(=O)OCc2ccccc2)CCN1CCN1CCC(C(=O)O)CC1. The molecule has 28 heavy (non-hydrogen) atoms. The molecule has 7 heteroatoms. The van der Waals surface area contributed by atoms with Crippen LogP contribution in [0.15, 0.2) is 30.3 Å². The molecule has 1 aromatic carbocycles. The van der Waals surface area contributed by atoms with Gasteiger partial charge in [-0.2, -0.15) is 0 Å². The van der Waals surface area contributed by atoms with Crippen LogP contribution in [0.4, 0.5) is 4.79 Å². The lowest BCUT2D eigenvalue weighted by atomic mass is 9.97.